The van der Waals surface area contributed by atoms with Crippen LogP contribution in [0.1, 0.15) is 11.1 Å². The van der Waals surface area contributed by atoms with Crippen LogP contribution in [0, 0.1) is 6.92 Å². The Morgan fingerprint density at radius 1 is 1.18 bits per heavy atom. The highest BCUT2D eigenvalue weighted by molar-refractivity contribution is 9.10. The Hall–Kier alpha value is -1.86. The van der Waals surface area contributed by atoms with Gasteiger partial charge in [-0.3, -0.25) is 0 Å². The van der Waals surface area contributed by atoms with Gasteiger partial charge in [0, 0.05) is 10.0 Å². The van der Waals surface area contributed by atoms with Gasteiger partial charge in [0.05, 0.1) is 18.2 Å². The van der Waals surface area contributed by atoms with Crippen molar-refractivity contribution in [1.82, 2.24) is 4.83 Å². The zero-order chi connectivity index (χ0) is 16.2. The fourth-order valence-electron chi connectivity index (χ4n) is 1.68. The number of hydrazone groups is 1. The van der Waals surface area contributed by atoms with Gasteiger partial charge >= 0.3 is 0 Å². The molecule has 22 heavy (non-hydrogen) atoms. The lowest BCUT2D eigenvalue weighted by Crippen LogP contribution is -2.18. The van der Waals surface area contributed by atoms with E-state index >= 15 is 0 Å². The molecule has 0 heterocycles. The predicted octanol–water partition coefficient (Wildman–Crippen LogP) is 3.08. The van der Waals surface area contributed by atoms with Crippen molar-refractivity contribution in [2.45, 2.75) is 11.8 Å². The molecule has 0 aliphatic rings. The maximum atomic E-state index is 12.1. The Morgan fingerprint density at radius 2 is 1.86 bits per heavy atom. The number of benzene rings is 2. The van der Waals surface area contributed by atoms with Gasteiger partial charge in [0.25, 0.3) is 10.0 Å². The third-order valence-corrected chi connectivity index (χ3v) is 4.87. The lowest BCUT2D eigenvalue weighted by atomic mass is 10.2. The molecule has 0 aliphatic heterocycles. The number of ether oxygens (including phenoxy) is 1. The van der Waals surface area contributed by atoms with Gasteiger partial charge in [-0.1, -0.05) is 33.6 Å². The number of hydrogen-bond acceptors (Lipinski definition) is 4. The molecular formula is C15H15BrN2O3S. The molecule has 0 aromatic heterocycles. The predicted molar refractivity (Wildman–Crippen MR) is 89.8 cm³/mol. The zero-order valence-corrected chi connectivity index (χ0v) is 14.5. The zero-order valence-electron chi connectivity index (χ0n) is 12.1. The average molecular weight is 383 g/mol. The molecule has 2 aromatic carbocycles. The monoisotopic (exact) mass is 382 g/mol. The lowest BCUT2D eigenvalue weighted by molar-refractivity contribution is 0.414. The summed E-state index contributed by atoms with van der Waals surface area (Å²) in [5.41, 5.74) is 1.69. The van der Waals surface area contributed by atoms with Crippen LogP contribution in [0.25, 0.3) is 0 Å². The molecule has 1 N–H and O–H groups in total. The molecule has 0 bridgehead atoms. The molecule has 0 aliphatic carbocycles. The Bertz CT molecular complexity index is 787. The van der Waals surface area contributed by atoms with Crippen molar-refractivity contribution in [2.24, 2.45) is 5.10 Å². The minimum Gasteiger partial charge on any atom is -0.497 e. The van der Waals surface area contributed by atoms with E-state index in [1.807, 2.05) is 6.92 Å². The Kier molecular flexibility index (Phi) is 5.20. The van der Waals surface area contributed by atoms with Crippen molar-refractivity contribution < 1.29 is 13.2 Å². The van der Waals surface area contributed by atoms with Crippen LogP contribution in [0.5, 0.6) is 5.75 Å². The first-order valence-electron chi connectivity index (χ1n) is 6.37. The highest BCUT2D eigenvalue weighted by Gasteiger charge is 2.11. The van der Waals surface area contributed by atoms with E-state index in [2.05, 4.69) is 25.9 Å². The largest absolute Gasteiger partial charge is 0.497 e. The van der Waals surface area contributed by atoms with Gasteiger partial charge < -0.3 is 4.74 Å². The molecule has 116 valence electrons. The molecule has 5 nitrogen and oxygen atoms in total. The van der Waals surface area contributed by atoms with Crippen molar-refractivity contribution in [3.05, 3.63) is 58.1 Å². The van der Waals surface area contributed by atoms with E-state index in [1.54, 1.807) is 37.4 Å². The molecule has 0 saturated heterocycles. The van der Waals surface area contributed by atoms with Gasteiger partial charge in [-0.05, 0) is 37.3 Å². The SMILES string of the molecule is COc1ccc(Br)c(/C=N\NS(=O)(=O)c2ccc(C)cc2)c1. The number of aryl methyl sites for hydroxylation is 1. The first kappa shape index (κ1) is 16.5. The van der Waals surface area contributed by atoms with Crippen LogP contribution in [0.3, 0.4) is 0 Å². The van der Waals surface area contributed by atoms with E-state index in [0.717, 1.165) is 10.0 Å². The van der Waals surface area contributed by atoms with Crippen molar-refractivity contribution in [3.8, 4) is 5.75 Å². The van der Waals surface area contributed by atoms with E-state index in [-0.39, 0.29) is 4.90 Å². The number of hydrogen-bond donors (Lipinski definition) is 1. The smallest absolute Gasteiger partial charge is 0.276 e. The fraction of sp³-hybridized carbons (Fsp3) is 0.133. The van der Waals surface area contributed by atoms with Crippen LogP contribution in [0.4, 0.5) is 0 Å². The minimum atomic E-state index is -3.67. The van der Waals surface area contributed by atoms with Crippen molar-refractivity contribution in [1.29, 1.82) is 0 Å². The Labute approximate surface area is 138 Å². The molecule has 2 aromatic rings. The Morgan fingerprint density at radius 3 is 2.50 bits per heavy atom. The van der Waals surface area contributed by atoms with Crippen molar-refractivity contribution in [3.63, 3.8) is 0 Å². The normalized spacial score (nSPS) is 11.6. The Balaban J connectivity index is 2.16. The molecule has 2 rings (SSSR count). The van der Waals surface area contributed by atoms with Gasteiger partial charge in [0.1, 0.15) is 5.75 Å². The van der Waals surface area contributed by atoms with E-state index in [1.165, 1.54) is 18.3 Å². The number of nitrogens with one attached hydrogen (secondary N) is 1. The first-order chi connectivity index (χ1) is 10.4. The summed E-state index contributed by atoms with van der Waals surface area (Å²) < 4.78 is 30.1. The molecule has 0 fully saturated rings. The standard InChI is InChI=1S/C15H15BrN2O3S/c1-11-3-6-14(7-4-11)22(19,20)18-17-10-12-9-13(21-2)5-8-15(12)16/h3-10,18H,1-2H3/b17-10-. The molecule has 0 radical (unpaired) electrons. The van der Waals surface area contributed by atoms with Gasteiger partial charge in [-0.2, -0.15) is 13.5 Å². The first-order valence-corrected chi connectivity index (χ1v) is 8.65. The van der Waals surface area contributed by atoms with Crippen molar-refractivity contribution in [2.75, 3.05) is 7.11 Å². The second-order valence-corrected chi connectivity index (χ2v) is 7.07. The summed E-state index contributed by atoms with van der Waals surface area (Å²) in [4.78, 5) is 2.35. The van der Waals surface area contributed by atoms with Crippen LogP contribution < -0.4 is 9.57 Å². The van der Waals surface area contributed by atoms with Gasteiger partial charge in [0.15, 0.2) is 0 Å². The molecule has 0 saturated carbocycles. The average Bonchev–Trinajstić information content (AvgIpc) is 2.49. The molecule has 0 spiro atoms. The number of methoxy groups -OCH3 is 1. The van der Waals surface area contributed by atoms with Crippen LogP contribution in [-0.2, 0) is 10.0 Å². The maximum Gasteiger partial charge on any atom is 0.276 e. The van der Waals surface area contributed by atoms with E-state index in [4.69, 9.17) is 4.74 Å². The van der Waals surface area contributed by atoms with Gasteiger partial charge in [-0.25, -0.2) is 4.83 Å². The highest BCUT2D eigenvalue weighted by Crippen LogP contribution is 2.20. The number of halogens is 1. The number of nitrogens with zero attached hydrogens (tertiary/aromatic N) is 1. The molecule has 0 atom stereocenters. The maximum absolute atomic E-state index is 12.1. The number of sulfonamides is 1. The topological polar surface area (TPSA) is 67.8 Å². The molecular weight excluding hydrogens is 368 g/mol. The summed E-state index contributed by atoms with van der Waals surface area (Å²) in [7, 11) is -2.11. The summed E-state index contributed by atoms with van der Waals surface area (Å²) in [6, 6.07) is 11.9. The summed E-state index contributed by atoms with van der Waals surface area (Å²) in [6.07, 6.45) is 1.42. The van der Waals surface area contributed by atoms with Crippen LogP contribution in [0.15, 0.2) is 56.9 Å². The quantitative estimate of drug-likeness (QED) is 0.638. The van der Waals surface area contributed by atoms with Crippen LogP contribution >= 0.6 is 15.9 Å². The highest BCUT2D eigenvalue weighted by atomic mass is 79.9. The van der Waals surface area contributed by atoms with E-state index < -0.39 is 10.0 Å². The van der Waals surface area contributed by atoms with E-state index in [9.17, 15) is 8.42 Å². The van der Waals surface area contributed by atoms with Gasteiger partial charge in [-0.15, -0.1) is 0 Å². The molecule has 0 unspecified atom stereocenters. The molecule has 0 amide bonds. The summed E-state index contributed by atoms with van der Waals surface area (Å²) in [5, 5.41) is 3.80. The van der Waals surface area contributed by atoms with Crippen molar-refractivity contribution >= 4 is 32.2 Å². The third-order valence-electron chi connectivity index (χ3n) is 2.91. The summed E-state index contributed by atoms with van der Waals surface area (Å²) >= 11 is 3.37. The molecule has 7 heteroatoms. The second kappa shape index (κ2) is 6.93. The lowest BCUT2D eigenvalue weighted by Gasteiger charge is -2.05. The summed E-state index contributed by atoms with van der Waals surface area (Å²) in [5.74, 6) is 0.658. The van der Waals surface area contributed by atoms with Crippen LogP contribution in [0.2, 0.25) is 0 Å². The van der Waals surface area contributed by atoms with E-state index in [0.29, 0.717) is 11.3 Å². The number of rotatable bonds is 5. The second-order valence-electron chi connectivity index (χ2n) is 4.55. The van der Waals surface area contributed by atoms with Gasteiger partial charge in [0.2, 0.25) is 0 Å². The van der Waals surface area contributed by atoms with Crippen LogP contribution in [-0.4, -0.2) is 21.7 Å². The minimum absolute atomic E-state index is 0.167. The third kappa shape index (κ3) is 4.08. The fourth-order valence-corrected chi connectivity index (χ4v) is 2.82. The summed E-state index contributed by atoms with van der Waals surface area (Å²) in [6.45, 7) is 1.89.